The molecule has 25 heavy (non-hydrogen) atoms. The number of carbonyl (C=O) groups is 1. The van der Waals surface area contributed by atoms with Crippen LogP contribution in [0.15, 0.2) is 65.7 Å². The fourth-order valence-electron chi connectivity index (χ4n) is 1.70. The second kappa shape index (κ2) is 12.6. The smallest absolute Gasteiger partial charge is 0.152 e. The second-order valence-corrected chi connectivity index (χ2v) is 7.14. The number of allylic oxidation sites excluding steroid dienone is 1. The van der Waals surface area contributed by atoms with E-state index in [0.717, 1.165) is 4.47 Å². The molecule has 0 spiro atoms. The number of halogens is 2. The first-order chi connectivity index (χ1) is 11.7. The van der Waals surface area contributed by atoms with Crippen LogP contribution in [0.4, 0.5) is 4.39 Å². The van der Waals surface area contributed by atoms with Crippen molar-refractivity contribution in [2.45, 2.75) is 46.5 Å². The molecule has 1 nitrogen and oxygen atoms in total. The van der Waals surface area contributed by atoms with Crippen LogP contribution in [0.3, 0.4) is 0 Å². The molecule has 0 saturated carbocycles. The van der Waals surface area contributed by atoms with E-state index in [4.69, 9.17) is 0 Å². The third-order valence-corrected chi connectivity index (χ3v) is 3.89. The molecule has 0 N–H and O–H groups in total. The van der Waals surface area contributed by atoms with Gasteiger partial charge in [-0.05, 0) is 60.2 Å². The van der Waals surface area contributed by atoms with Crippen molar-refractivity contribution >= 4 is 21.7 Å². The summed E-state index contributed by atoms with van der Waals surface area (Å²) in [6, 6.07) is 15.1. The summed E-state index contributed by atoms with van der Waals surface area (Å²) < 4.78 is 13.5. The van der Waals surface area contributed by atoms with Crippen LogP contribution >= 0.6 is 15.9 Å². The van der Waals surface area contributed by atoms with Gasteiger partial charge in [0.1, 0.15) is 5.82 Å². The number of ketones is 1. The maximum absolute atomic E-state index is 12.4. The highest BCUT2D eigenvalue weighted by Gasteiger charge is 1.97. The molecule has 2 aromatic carbocycles. The fraction of sp³-hybridized carbons (Fsp3) is 0.318. The van der Waals surface area contributed by atoms with Gasteiger partial charge < -0.3 is 0 Å². The predicted octanol–water partition coefficient (Wildman–Crippen LogP) is 7.28. The molecule has 0 heterocycles. The van der Waals surface area contributed by atoms with E-state index in [1.165, 1.54) is 36.3 Å². The van der Waals surface area contributed by atoms with Crippen molar-refractivity contribution < 1.29 is 9.18 Å². The highest BCUT2D eigenvalue weighted by atomic mass is 79.9. The van der Waals surface area contributed by atoms with Gasteiger partial charge in [-0.25, -0.2) is 4.39 Å². The molecule has 3 heteroatoms. The molecule has 0 atom stereocenters. The first-order valence-electron chi connectivity index (χ1n) is 8.31. The zero-order valence-corrected chi connectivity index (χ0v) is 17.3. The van der Waals surface area contributed by atoms with Gasteiger partial charge in [0.05, 0.1) is 0 Å². The molecule has 0 radical (unpaired) electrons. The first-order valence-corrected chi connectivity index (χ1v) is 9.10. The lowest BCUT2D eigenvalue weighted by Crippen LogP contribution is -1.85. The summed E-state index contributed by atoms with van der Waals surface area (Å²) in [6.07, 6.45) is 1.28. The number of hydrogen-bond acceptors (Lipinski definition) is 1. The lowest BCUT2D eigenvalue weighted by Gasteiger charge is -2.03. The Labute approximate surface area is 160 Å². The molecular weight excluding hydrogens is 379 g/mol. The number of rotatable bonds is 3. The van der Waals surface area contributed by atoms with Gasteiger partial charge in [0, 0.05) is 4.47 Å². The van der Waals surface area contributed by atoms with Gasteiger partial charge in [-0.15, -0.1) is 0 Å². The summed E-state index contributed by atoms with van der Waals surface area (Å²) in [5.41, 5.74) is 2.57. The maximum Gasteiger partial charge on any atom is 0.152 e. The summed E-state index contributed by atoms with van der Waals surface area (Å²) >= 11 is 3.39. The number of hydrogen-bond donors (Lipinski definition) is 0. The fourth-order valence-corrected chi connectivity index (χ4v) is 1.96. The van der Waals surface area contributed by atoms with E-state index in [1.807, 2.05) is 12.1 Å². The molecular formula is C22H28BrFO. The van der Waals surface area contributed by atoms with Crippen molar-refractivity contribution in [1.29, 1.82) is 0 Å². The van der Waals surface area contributed by atoms with Crippen LogP contribution in [0, 0.1) is 5.82 Å². The van der Waals surface area contributed by atoms with E-state index in [2.05, 4.69) is 74.5 Å². The standard InChI is InChI=1S/C9H11Br.C9H11F.C4H6O/c2*1-7(2)8-3-5-9(10)6-4-8;1-3-4(2)5/h2*3-7H,1-2H3;3H,1H2,2H3. The zero-order chi connectivity index (χ0) is 19.4. The van der Waals surface area contributed by atoms with Gasteiger partial charge in [0.25, 0.3) is 0 Å². The largest absolute Gasteiger partial charge is 0.295 e. The lowest BCUT2D eigenvalue weighted by atomic mass is 10.0. The van der Waals surface area contributed by atoms with Crippen LogP contribution < -0.4 is 0 Å². The highest BCUT2D eigenvalue weighted by molar-refractivity contribution is 9.10. The van der Waals surface area contributed by atoms with Crippen LogP contribution in [0.1, 0.15) is 57.6 Å². The first kappa shape index (κ1) is 23.3. The van der Waals surface area contributed by atoms with Crippen molar-refractivity contribution in [3.63, 3.8) is 0 Å². The second-order valence-electron chi connectivity index (χ2n) is 6.23. The van der Waals surface area contributed by atoms with Gasteiger partial charge in [0.15, 0.2) is 5.78 Å². The molecule has 136 valence electrons. The lowest BCUT2D eigenvalue weighted by molar-refractivity contribution is -0.112. The molecule has 2 rings (SSSR count). The Kier molecular flexibility index (Phi) is 11.7. The minimum absolute atomic E-state index is 0.0185. The monoisotopic (exact) mass is 406 g/mol. The Morgan fingerprint density at radius 2 is 1.24 bits per heavy atom. The minimum Gasteiger partial charge on any atom is -0.295 e. The van der Waals surface area contributed by atoms with Crippen LogP contribution in [0.25, 0.3) is 0 Å². The average molecular weight is 407 g/mol. The van der Waals surface area contributed by atoms with Crippen molar-refractivity contribution in [3.05, 3.63) is 82.6 Å². The van der Waals surface area contributed by atoms with Crippen LogP contribution in [-0.2, 0) is 4.79 Å². The van der Waals surface area contributed by atoms with Gasteiger partial charge in [0.2, 0.25) is 0 Å². The van der Waals surface area contributed by atoms with E-state index in [0.29, 0.717) is 11.8 Å². The Hall–Kier alpha value is -1.74. The molecule has 0 fully saturated rings. The molecule has 2 aromatic rings. The number of carbonyl (C=O) groups excluding carboxylic acids is 1. The summed E-state index contributed by atoms with van der Waals surface area (Å²) in [4.78, 5) is 9.69. The maximum atomic E-state index is 12.4. The summed E-state index contributed by atoms with van der Waals surface area (Å²) in [6.45, 7) is 13.3. The van der Waals surface area contributed by atoms with E-state index < -0.39 is 0 Å². The molecule has 0 aliphatic heterocycles. The number of benzene rings is 2. The third kappa shape index (κ3) is 11.4. The Morgan fingerprint density at radius 1 is 0.920 bits per heavy atom. The van der Waals surface area contributed by atoms with Crippen molar-refractivity contribution in [2.24, 2.45) is 0 Å². The Morgan fingerprint density at radius 3 is 1.52 bits per heavy atom. The molecule has 0 amide bonds. The SMILES string of the molecule is C=CC(C)=O.CC(C)c1ccc(Br)cc1.CC(C)c1ccc(F)cc1. The quantitative estimate of drug-likeness (QED) is 0.489. The molecule has 0 unspecified atom stereocenters. The van der Waals surface area contributed by atoms with Gasteiger partial charge >= 0.3 is 0 Å². The highest BCUT2D eigenvalue weighted by Crippen LogP contribution is 2.17. The van der Waals surface area contributed by atoms with Gasteiger partial charge in [-0.3, -0.25) is 4.79 Å². The summed E-state index contributed by atoms with van der Waals surface area (Å²) in [5, 5.41) is 0. The average Bonchev–Trinajstić information content (AvgIpc) is 2.56. The molecule has 0 aliphatic rings. The molecule has 0 aromatic heterocycles. The van der Waals surface area contributed by atoms with Gasteiger partial charge in [-0.1, -0.05) is 74.5 Å². The predicted molar refractivity (Wildman–Crippen MR) is 110 cm³/mol. The Bertz CT molecular complexity index is 579. The van der Waals surface area contributed by atoms with E-state index in [9.17, 15) is 9.18 Å². The normalized spacial score (nSPS) is 9.64. The van der Waals surface area contributed by atoms with Crippen molar-refractivity contribution in [3.8, 4) is 0 Å². The minimum atomic E-state index is -0.163. The van der Waals surface area contributed by atoms with E-state index in [1.54, 1.807) is 0 Å². The Balaban J connectivity index is 0.000000368. The molecule has 0 saturated heterocycles. The van der Waals surface area contributed by atoms with Crippen LogP contribution in [0.2, 0.25) is 0 Å². The van der Waals surface area contributed by atoms with E-state index >= 15 is 0 Å². The van der Waals surface area contributed by atoms with Gasteiger partial charge in [-0.2, -0.15) is 0 Å². The van der Waals surface area contributed by atoms with Crippen LogP contribution in [-0.4, -0.2) is 5.78 Å². The van der Waals surface area contributed by atoms with Crippen molar-refractivity contribution in [1.82, 2.24) is 0 Å². The van der Waals surface area contributed by atoms with E-state index in [-0.39, 0.29) is 11.6 Å². The van der Waals surface area contributed by atoms with Crippen molar-refractivity contribution in [2.75, 3.05) is 0 Å². The summed E-state index contributed by atoms with van der Waals surface area (Å²) in [5.74, 6) is 0.975. The third-order valence-electron chi connectivity index (χ3n) is 3.36. The topological polar surface area (TPSA) is 17.1 Å². The molecule has 0 bridgehead atoms. The summed E-state index contributed by atoms with van der Waals surface area (Å²) in [7, 11) is 0. The van der Waals surface area contributed by atoms with Crippen LogP contribution in [0.5, 0.6) is 0 Å². The zero-order valence-electron chi connectivity index (χ0n) is 15.7. The molecule has 0 aliphatic carbocycles.